The Labute approximate surface area is 348 Å². The molecular weight excluding hydrogens is 709 g/mol. The Morgan fingerprint density at radius 2 is 1.12 bits per heavy atom. The summed E-state index contributed by atoms with van der Waals surface area (Å²) in [4.78, 5) is 30.5. The molecule has 56 heavy (non-hydrogen) atoms. The zero-order chi connectivity index (χ0) is 37.0. The van der Waals surface area contributed by atoms with Gasteiger partial charge in [-0.05, 0) is 32.8 Å². The van der Waals surface area contributed by atoms with Crippen molar-refractivity contribution < 1.29 is 43.9 Å². The van der Waals surface area contributed by atoms with E-state index in [1.165, 1.54) is 70.3 Å². The number of hydrogen-bond acceptors (Lipinski definition) is 8. The second kappa shape index (κ2) is 56.2. The van der Waals surface area contributed by atoms with E-state index in [9.17, 15) is 19.5 Å². The van der Waals surface area contributed by atoms with Gasteiger partial charge in [-0.25, -0.2) is 0 Å². The van der Waals surface area contributed by atoms with Gasteiger partial charge in [0, 0.05) is 26.4 Å². The third-order valence-corrected chi connectivity index (χ3v) is 6.92. The minimum atomic E-state index is -0.657. The normalized spacial score (nSPS) is 10.5. The lowest BCUT2D eigenvalue weighted by Crippen LogP contribution is -2.19. The molecule has 0 heterocycles. The van der Waals surface area contributed by atoms with Crippen LogP contribution in [-0.2, 0) is 28.6 Å². The van der Waals surface area contributed by atoms with Crippen molar-refractivity contribution in [3.05, 3.63) is 71.8 Å². The molecule has 3 N–H and O–H groups in total. The number of ether oxygens (including phenoxy) is 3. The molecule has 2 aromatic carbocycles. The van der Waals surface area contributed by atoms with Crippen LogP contribution in [0.2, 0.25) is 0 Å². The second-order valence-corrected chi connectivity index (χ2v) is 12.1. The van der Waals surface area contributed by atoms with Crippen molar-refractivity contribution in [2.24, 2.45) is 0 Å². The molecule has 0 bridgehead atoms. The summed E-state index contributed by atoms with van der Waals surface area (Å²) in [6, 6.07) is 19.7. The van der Waals surface area contributed by atoms with Gasteiger partial charge in [-0.15, -0.1) is 0 Å². The van der Waals surface area contributed by atoms with E-state index in [0.29, 0.717) is 32.3 Å². The van der Waals surface area contributed by atoms with Crippen molar-refractivity contribution in [1.82, 2.24) is 0 Å². The van der Waals surface area contributed by atoms with Crippen molar-refractivity contribution in [2.75, 3.05) is 26.4 Å². The van der Waals surface area contributed by atoms with E-state index in [1.54, 1.807) is 13.8 Å². The van der Waals surface area contributed by atoms with E-state index < -0.39 is 18.2 Å². The van der Waals surface area contributed by atoms with Crippen molar-refractivity contribution in [1.29, 1.82) is 0 Å². The largest absolute Gasteiger partial charge is 0.481 e. The molecule has 0 radical (unpaired) electrons. The number of benzene rings is 2. The molecule has 3 atom stereocenters. The number of esters is 1. The number of hydrogen-bond donors (Lipinski definition) is 3. The van der Waals surface area contributed by atoms with E-state index in [1.807, 2.05) is 48.5 Å². The molecule has 9 nitrogen and oxygen atoms in total. The summed E-state index contributed by atoms with van der Waals surface area (Å²) < 4.78 is 14.9. The van der Waals surface area contributed by atoms with Crippen molar-refractivity contribution in [3.63, 3.8) is 0 Å². The van der Waals surface area contributed by atoms with Gasteiger partial charge in [0.1, 0.15) is 19.0 Å². The van der Waals surface area contributed by atoms with Gasteiger partial charge in [0.15, 0.2) is 0 Å². The molecule has 0 aliphatic heterocycles. The summed E-state index contributed by atoms with van der Waals surface area (Å²) >= 11 is 0. The summed E-state index contributed by atoms with van der Waals surface area (Å²) in [5.74, 6) is -0.966. The first kappa shape index (κ1) is 73.9. The third kappa shape index (κ3) is 60.1. The smallest absolute Gasteiger partial charge is 0.303 e. The molecule has 336 valence electrons. The van der Waals surface area contributed by atoms with Crippen LogP contribution in [0.4, 0.5) is 0 Å². The van der Waals surface area contributed by atoms with Gasteiger partial charge in [-0.3, -0.25) is 9.59 Å². The molecule has 0 saturated heterocycles. The Morgan fingerprint density at radius 3 is 1.50 bits per heavy atom. The molecule has 0 aliphatic rings. The Morgan fingerprint density at radius 1 is 0.679 bits per heavy atom. The number of carbonyl (C=O) groups is 3. The van der Waals surface area contributed by atoms with Crippen LogP contribution in [0.15, 0.2) is 60.7 Å². The quantitative estimate of drug-likeness (QED) is 0.0569. The molecule has 0 spiro atoms. The molecule has 3 unspecified atom stereocenters. The highest BCUT2D eigenvalue weighted by molar-refractivity contribution is 5.66. The van der Waals surface area contributed by atoms with Gasteiger partial charge < -0.3 is 34.3 Å². The van der Waals surface area contributed by atoms with Crippen LogP contribution >= 0.6 is 0 Å². The van der Waals surface area contributed by atoms with Gasteiger partial charge in [-0.1, -0.05) is 189 Å². The van der Waals surface area contributed by atoms with Gasteiger partial charge in [-0.2, -0.15) is 0 Å². The van der Waals surface area contributed by atoms with Crippen LogP contribution in [-0.4, -0.2) is 72.2 Å². The van der Waals surface area contributed by atoms with Crippen LogP contribution in [0, 0.1) is 6.92 Å². The summed E-state index contributed by atoms with van der Waals surface area (Å²) in [5, 5.41) is 26.9. The van der Waals surface area contributed by atoms with Crippen LogP contribution in [0.3, 0.4) is 0 Å². The monoisotopic (exact) mass is 803 g/mol. The first-order valence-corrected chi connectivity index (χ1v) is 17.9. The standard InChI is InChI=1S/C14H20O4.C14H28O2.C7H8.C5H10O3.7CH4/c1-11(18-12(2)15)10-17-9-8-14(16)13-6-4-3-5-7-13;1-2-3-4-5-6-7-8-9-10-11-12-13-14(15)16;1-7-5-3-2-4-6-7;1-5(7)4-8-3-2-6;;;;;;;/h3-7,11,14,16H,8-10H2,1-2H3;2-13H2,1H3,(H,15,16);2-6H,1H3;2,5,7H,3-4H2,1H3;7*1H4. The average molecular weight is 803 g/mol. The predicted molar refractivity (Wildman–Crippen MR) is 244 cm³/mol. The van der Waals surface area contributed by atoms with E-state index in [2.05, 4.69) is 30.7 Å². The lowest BCUT2D eigenvalue weighted by molar-refractivity contribution is -0.148. The molecule has 0 aromatic heterocycles. The number of aliphatic hydroxyl groups excluding tert-OH is 2. The Balaban J connectivity index is -0.0000000764. The van der Waals surface area contributed by atoms with Gasteiger partial charge in [0.05, 0.1) is 25.4 Å². The Bertz CT molecular complexity index is 1000. The fourth-order valence-electron chi connectivity index (χ4n) is 4.36. The highest BCUT2D eigenvalue weighted by Gasteiger charge is 2.08. The summed E-state index contributed by atoms with van der Waals surface area (Å²) in [5.41, 5.74) is 2.21. The third-order valence-electron chi connectivity index (χ3n) is 6.92. The van der Waals surface area contributed by atoms with Crippen LogP contribution in [0.25, 0.3) is 0 Å². The second-order valence-electron chi connectivity index (χ2n) is 12.1. The lowest BCUT2D eigenvalue weighted by atomic mass is 10.1. The highest BCUT2D eigenvalue weighted by atomic mass is 16.6. The van der Waals surface area contributed by atoms with E-state index >= 15 is 0 Å². The topological polar surface area (TPSA) is 140 Å². The SMILES string of the molecule is C.C.C.C.C.C.C.CC(=O)OC(C)COCCC(O)c1ccccc1.CC(O)COCC=O.CCCCCCCCCCCCCC(=O)O.Cc1ccccc1. The molecule has 0 fully saturated rings. The van der Waals surface area contributed by atoms with E-state index in [4.69, 9.17) is 19.7 Å². The van der Waals surface area contributed by atoms with Crippen molar-refractivity contribution in [2.45, 2.75) is 188 Å². The highest BCUT2D eigenvalue weighted by Crippen LogP contribution is 2.16. The fraction of sp³-hybridized carbons (Fsp3) is 0.681. The zero-order valence-electron chi connectivity index (χ0n) is 30.9. The van der Waals surface area contributed by atoms with E-state index in [-0.39, 0.29) is 77.3 Å². The van der Waals surface area contributed by atoms with Crippen molar-refractivity contribution in [3.8, 4) is 0 Å². The number of unbranched alkanes of at least 4 members (excludes halogenated alkanes) is 10. The first-order chi connectivity index (χ1) is 23.5. The maximum Gasteiger partial charge on any atom is 0.303 e. The molecule has 0 saturated carbocycles. The minimum absolute atomic E-state index is 0. The average Bonchev–Trinajstić information content (AvgIpc) is 3.07. The van der Waals surface area contributed by atoms with Crippen LogP contribution in [0.5, 0.6) is 0 Å². The molecule has 0 amide bonds. The number of rotatable bonds is 23. The molecule has 2 aromatic rings. The van der Waals surface area contributed by atoms with Gasteiger partial charge in [0.25, 0.3) is 0 Å². The van der Waals surface area contributed by atoms with Gasteiger partial charge >= 0.3 is 11.9 Å². The van der Waals surface area contributed by atoms with Crippen LogP contribution in [0.1, 0.15) is 180 Å². The molecule has 9 heteroatoms. The molecular formula is C47H94O9. The number of aldehydes is 1. The molecule has 2 rings (SSSR count). The summed E-state index contributed by atoms with van der Waals surface area (Å²) in [7, 11) is 0. The van der Waals surface area contributed by atoms with Crippen molar-refractivity contribution >= 4 is 18.2 Å². The summed E-state index contributed by atoms with van der Waals surface area (Å²) in [6.45, 7) is 10.2. The molecule has 0 aliphatic carbocycles. The maximum absolute atomic E-state index is 10.7. The predicted octanol–water partition coefficient (Wildman–Crippen LogP) is 12.9. The maximum atomic E-state index is 10.7. The number of aliphatic hydroxyl groups is 2. The van der Waals surface area contributed by atoms with Crippen LogP contribution < -0.4 is 0 Å². The Kier molecular flexibility index (Phi) is 74.2. The lowest BCUT2D eigenvalue weighted by Gasteiger charge is -2.14. The number of carboxylic acids is 1. The number of aliphatic carboxylic acids is 1. The fourth-order valence-corrected chi connectivity index (χ4v) is 4.36. The number of carboxylic acid groups (broad SMARTS) is 1. The first-order valence-electron chi connectivity index (χ1n) is 17.9. The summed E-state index contributed by atoms with van der Waals surface area (Å²) in [6.07, 6.45) is 14.3. The van der Waals surface area contributed by atoms with Gasteiger partial charge in [0.2, 0.25) is 0 Å². The van der Waals surface area contributed by atoms with E-state index in [0.717, 1.165) is 18.4 Å². The minimum Gasteiger partial charge on any atom is -0.481 e. The number of aryl methyl sites for hydroxylation is 1. The Hall–Kier alpha value is -3.11. The number of carbonyl (C=O) groups excluding carboxylic acids is 2. The zero-order valence-corrected chi connectivity index (χ0v) is 30.9.